The smallest absolute Gasteiger partial charge is 0.225 e. The molecule has 0 heterocycles. The summed E-state index contributed by atoms with van der Waals surface area (Å²) in [5, 5.41) is 5.77. The minimum atomic E-state index is -0.0293. The molecule has 0 aromatic heterocycles. The van der Waals surface area contributed by atoms with Crippen molar-refractivity contribution in [3.05, 3.63) is 22.7 Å². The van der Waals surface area contributed by atoms with E-state index in [1.807, 2.05) is 32.2 Å². The Hall–Kier alpha value is -1.07. The van der Waals surface area contributed by atoms with Crippen LogP contribution in [0.1, 0.15) is 13.3 Å². The second-order valence-corrected chi connectivity index (χ2v) is 4.39. The predicted octanol–water partition coefficient (Wildman–Crippen LogP) is 2.40. The van der Waals surface area contributed by atoms with Crippen LogP contribution in [0.15, 0.2) is 22.7 Å². The van der Waals surface area contributed by atoms with Crippen LogP contribution >= 0.6 is 15.9 Å². The van der Waals surface area contributed by atoms with Crippen molar-refractivity contribution in [2.24, 2.45) is 0 Å². The van der Waals surface area contributed by atoms with Crippen LogP contribution < -0.4 is 15.4 Å². The molecule has 0 fully saturated rings. The molecule has 0 saturated carbocycles. The Morgan fingerprint density at radius 3 is 2.88 bits per heavy atom. The Balaban J connectivity index is 2.73. The van der Waals surface area contributed by atoms with Crippen LogP contribution in [0.2, 0.25) is 0 Å². The zero-order valence-electron chi connectivity index (χ0n) is 10.0. The van der Waals surface area contributed by atoms with Gasteiger partial charge in [-0.1, -0.05) is 15.9 Å². The molecule has 2 N–H and O–H groups in total. The third kappa shape index (κ3) is 4.75. The molecule has 94 valence electrons. The van der Waals surface area contributed by atoms with Crippen molar-refractivity contribution in [3.8, 4) is 5.75 Å². The number of nitrogens with one attached hydrogen (secondary N) is 2. The monoisotopic (exact) mass is 300 g/mol. The Bertz CT molecular complexity index is 383. The summed E-state index contributed by atoms with van der Waals surface area (Å²) in [6.07, 6.45) is 0.439. The van der Waals surface area contributed by atoms with Crippen molar-refractivity contribution in [2.75, 3.05) is 25.5 Å². The van der Waals surface area contributed by atoms with Gasteiger partial charge in [-0.15, -0.1) is 0 Å². The molecule has 17 heavy (non-hydrogen) atoms. The molecule has 0 bridgehead atoms. The first-order valence-corrected chi connectivity index (χ1v) is 6.33. The fourth-order valence-corrected chi connectivity index (χ4v) is 1.69. The number of carbonyl (C=O) groups is 1. The molecule has 0 atom stereocenters. The molecule has 0 unspecified atom stereocenters. The number of rotatable bonds is 6. The van der Waals surface area contributed by atoms with Crippen molar-refractivity contribution >= 4 is 27.5 Å². The molecular weight excluding hydrogens is 284 g/mol. The number of hydrogen-bond acceptors (Lipinski definition) is 3. The fraction of sp³-hybridized carbons (Fsp3) is 0.417. The highest BCUT2D eigenvalue weighted by molar-refractivity contribution is 9.10. The molecule has 1 aromatic rings. The third-order valence-electron chi connectivity index (χ3n) is 2.12. The quantitative estimate of drug-likeness (QED) is 0.848. The van der Waals surface area contributed by atoms with E-state index >= 15 is 0 Å². The molecule has 1 rings (SSSR count). The van der Waals surface area contributed by atoms with Crippen LogP contribution in [0.4, 0.5) is 5.69 Å². The molecule has 4 nitrogen and oxygen atoms in total. The van der Waals surface area contributed by atoms with Crippen molar-refractivity contribution < 1.29 is 9.53 Å². The first kappa shape index (κ1) is 14.0. The number of hydrogen-bond donors (Lipinski definition) is 2. The minimum absolute atomic E-state index is 0.0293. The normalized spacial score (nSPS) is 10.1. The van der Waals surface area contributed by atoms with Gasteiger partial charge in [0.1, 0.15) is 5.75 Å². The van der Waals surface area contributed by atoms with Gasteiger partial charge in [0.2, 0.25) is 5.91 Å². The van der Waals surface area contributed by atoms with Gasteiger partial charge < -0.3 is 15.4 Å². The topological polar surface area (TPSA) is 50.4 Å². The van der Waals surface area contributed by atoms with E-state index in [0.717, 1.165) is 4.47 Å². The molecule has 1 aromatic carbocycles. The number of ether oxygens (including phenoxy) is 1. The maximum atomic E-state index is 11.6. The summed E-state index contributed by atoms with van der Waals surface area (Å²) in [6.45, 7) is 3.14. The largest absolute Gasteiger partial charge is 0.492 e. The molecule has 0 aliphatic heterocycles. The predicted molar refractivity (Wildman–Crippen MR) is 72.5 cm³/mol. The standard InChI is InChI=1S/C12H17BrN2O2/c1-3-17-11-5-4-9(13)8-10(11)15-12(16)6-7-14-2/h4-5,8,14H,3,6-7H2,1-2H3,(H,15,16). The fourth-order valence-electron chi connectivity index (χ4n) is 1.33. The van der Waals surface area contributed by atoms with E-state index in [-0.39, 0.29) is 5.91 Å². The second kappa shape index (κ2) is 7.29. The third-order valence-corrected chi connectivity index (χ3v) is 2.61. The number of carbonyl (C=O) groups excluding carboxylic acids is 1. The summed E-state index contributed by atoms with van der Waals surface area (Å²) < 4.78 is 6.35. The molecule has 1 amide bonds. The highest BCUT2D eigenvalue weighted by Crippen LogP contribution is 2.28. The van der Waals surface area contributed by atoms with Crippen LogP contribution in [0.3, 0.4) is 0 Å². The lowest BCUT2D eigenvalue weighted by Gasteiger charge is -2.11. The maximum absolute atomic E-state index is 11.6. The van der Waals surface area contributed by atoms with Crippen LogP contribution in [0, 0.1) is 0 Å². The summed E-state index contributed by atoms with van der Waals surface area (Å²) in [5.41, 5.74) is 0.697. The van der Waals surface area contributed by atoms with Gasteiger partial charge in [0, 0.05) is 17.4 Å². The van der Waals surface area contributed by atoms with E-state index in [2.05, 4.69) is 26.6 Å². The van der Waals surface area contributed by atoms with Crippen molar-refractivity contribution in [3.63, 3.8) is 0 Å². The lowest BCUT2D eigenvalue weighted by molar-refractivity contribution is -0.116. The molecule has 0 saturated heterocycles. The Kier molecular flexibility index (Phi) is 6.00. The highest BCUT2D eigenvalue weighted by atomic mass is 79.9. The Morgan fingerprint density at radius 2 is 2.24 bits per heavy atom. The van der Waals surface area contributed by atoms with Crippen molar-refractivity contribution in [1.82, 2.24) is 5.32 Å². The molecule has 0 spiro atoms. The van der Waals surface area contributed by atoms with Crippen LogP contribution in [0.25, 0.3) is 0 Å². The highest BCUT2D eigenvalue weighted by Gasteiger charge is 2.08. The van der Waals surface area contributed by atoms with E-state index in [4.69, 9.17) is 4.74 Å². The van der Waals surface area contributed by atoms with Crippen molar-refractivity contribution in [2.45, 2.75) is 13.3 Å². The molecule has 0 radical (unpaired) electrons. The van der Waals surface area contributed by atoms with Crippen LogP contribution in [-0.4, -0.2) is 26.1 Å². The van der Waals surface area contributed by atoms with Crippen molar-refractivity contribution in [1.29, 1.82) is 0 Å². The average Bonchev–Trinajstić information content (AvgIpc) is 2.30. The van der Waals surface area contributed by atoms with E-state index in [9.17, 15) is 4.79 Å². The minimum Gasteiger partial charge on any atom is -0.492 e. The SMILES string of the molecule is CCOc1ccc(Br)cc1NC(=O)CCNC. The van der Waals surface area contributed by atoms with Gasteiger partial charge in [0.05, 0.1) is 12.3 Å². The van der Waals surface area contributed by atoms with Gasteiger partial charge in [-0.3, -0.25) is 4.79 Å². The van der Waals surface area contributed by atoms with E-state index < -0.39 is 0 Å². The lowest BCUT2D eigenvalue weighted by atomic mass is 10.2. The first-order chi connectivity index (χ1) is 8.17. The summed E-state index contributed by atoms with van der Waals surface area (Å²) in [7, 11) is 1.82. The van der Waals surface area contributed by atoms with Gasteiger partial charge in [0.25, 0.3) is 0 Å². The average molecular weight is 301 g/mol. The second-order valence-electron chi connectivity index (χ2n) is 3.48. The lowest BCUT2D eigenvalue weighted by Crippen LogP contribution is -2.19. The summed E-state index contributed by atoms with van der Waals surface area (Å²) in [6, 6.07) is 5.55. The summed E-state index contributed by atoms with van der Waals surface area (Å²) >= 11 is 3.37. The van der Waals surface area contributed by atoms with Gasteiger partial charge in [-0.2, -0.15) is 0 Å². The Labute approximate surface area is 110 Å². The maximum Gasteiger partial charge on any atom is 0.225 e. The molecular formula is C12H17BrN2O2. The zero-order chi connectivity index (χ0) is 12.7. The first-order valence-electron chi connectivity index (χ1n) is 5.54. The zero-order valence-corrected chi connectivity index (χ0v) is 11.6. The van der Waals surface area contributed by atoms with E-state index in [1.165, 1.54) is 0 Å². The Morgan fingerprint density at radius 1 is 1.47 bits per heavy atom. The number of halogens is 1. The number of amides is 1. The van der Waals surface area contributed by atoms with Crippen LogP contribution in [-0.2, 0) is 4.79 Å². The van der Waals surface area contributed by atoms with Crippen LogP contribution in [0.5, 0.6) is 5.75 Å². The van der Waals surface area contributed by atoms with Gasteiger partial charge in [-0.05, 0) is 32.2 Å². The molecule has 5 heteroatoms. The molecule has 0 aliphatic carbocycles. The number of benzene rings is 1. The summed E-state index contributed by atoms with van der Waals surface area (Å²) in [4.78, 5) is 11.6. The van der Waals surface area contributed by atoms with Gasteiger partial charge >= 0.3 is 0 Å². The molecule has 0 aliphatic rings. The van der Waals surface area contributed by atoms with Gasteiger partial charge in [-0.25, -0.2) is 0 Å². The van der Waals surface area contributed by atoms with E-state index in [1.54, 1.807) is 0 Å². The summed E-state index contributed by atoms with van der Waals surface area (Å²) in [5.74, 6) is 0.659. The number of anilines is 1. The van der Waals surface area contributed by atoms with E-state index in [0.29, 0.717) is 31.0 Å². The van der Waals surface area contributed by atoms with Gasteiger partial charge in [0.15, 0.2) is 0 Å².